The molecular weight excluding hydrogens is 711 g/mol. The molecule has 0 heterocycles. The van der Waals surface area contributed by atoms with E-state index in [-0.39, 0.29) is 40.7 Å². The first-order valence-electron chi connectivity index (χ1n) is 14.4. The van der Waals surface area contributed by atoms with Gasteiger partial charge in [0.05, 0.1) is 8.07 Å². The van der Waals surface area contributed by atoms with Gasteiger partial charge in [-0.25, -0.2) is 0 Å². The minimum atomic E-state index is -1.98. The van der Waals surface area contributed by atoms with Crippen LogP contribution in [0.2, 0.25) is 13.1 Å². The summed E-state index contributed by atoms with van der Waals surface area (Å²) < 4.78 is 0. The summed E-state index contributed by atoms with van der Waals surface area (Å²) >= 11 is 0. The maximum atomic E-state index is 2.50. The average Bonchev–Trinajstić information content (AvgIpc) is 3.66. The first-order chi connectivity index (χ1) is 20.1. The van der Waals surface area contributed by atoms with Crippen LogP contribution in [0.5, 0.6) is 0 Å². The van der Waals surface area contributed by atoms with Crippen molar-refractivity contribution in [2.45, 2.75) is 13.1 Å². The summed E-state index contributed by atoms with van der Waals surface area (Å²) in [6.45, 7) is 5.01. The van der Waals surface area contributed by atoms with E-state index in [0.717, 1.165) is 0 Å². The molecule has 0 aliphatic heterocycles. The zero-order valence-electron chi connectivity index (χ0n) is 25.9. The Morgan fingerprint density at radius 1 is 0.409 bits per heavy atom. The summed E-state index contributed by atoms with van der Waals surface area (Å²) in [5.74, 6) is 0. The summed E-state index contributed by atoms with van der Waals surface area (Å²) in [6, 6.07) is 54.2. The molecule has 0 radical (unpaired) electrons. The van der Waals surface area contributed by atoms with Gasteiger partial charge in [-0.2, -0.15) is 12.1 Å². The standard InChI is InChI=1S/C40H30Si.2CH3.Hf/c1-41(2,31-23-29-15-9-21-37(39(29)25-31)35-19-7-13-27-11-3-5-17-33(27)35)32-24-30-16-10-22-38(40(30)26-32)36-20-8-14-28-12-4-6-18-34(28)36;;;/h3-26H,1-2H3;2*1H3;/q-2;2*-1;+4. The third kappa shape index (κ3) is 5.04. The molecule has 0 aliphatic rings. The minimum absolute atomic E-state index is 0. The zero-order valence-corrected chi connectivity index (χ0v) is 30.4. The van der Waals surface area contributed by atoms with Gasteiger partial charge < -0.3 is 14.9 Å². The van der Waals surface area contributed by atoms with E-state index in [1.165, 1.54) is 75.7 Å². The van der Waals surface area contributed by atoms with Gasteiger partial charge in [0.15, 0.2) is 0 Å². The van der Waals surface area contributed by atoms with Crippen LogP contribution in [0.4, 0.5) is 0 Å². The average molecular weight is 747 g/mol. The molecule has 0 saturated carbocycles. The van der Waals surface area contributed by atoms with Crippen LogP contribution in [-0.4, -0.2) is 8.07 Å². The van der Waals surface area contributed by atoms with E-state index in [1.807, 2.05) is 0 Å². The molecule has 0 nitrogen and oxygen atoms in total. The molecule has 0 unspecified atom stereocenters. The Morgan fingerprint density at radius 2 is 0.750 bits per heavy atom. The molecule has 0 N–H and O–H groups in total. The summed E-state index contributed by atoms with van der Waals surface area (Å²) in [6.07, 6.45) is 0. The van der Waals surface area contributed by atoms with Gasteiger partial charge in [0.25, 0.3) is 0 Å². The van der Waals surface area contributed by atoms with Crippen molar-refractivity contribution in [1.82, 2.24) is 0 Å². The molecule has 2 heteroatoms. The Hall–Kier alpha value is -3.85. The zero-order chi connectivity index (χ0) is 27.6. The van der Waals surface area contributed by atoms with Crippen LogP contribution >= 0.6 is 0 Å². The van der Waals surface area contributed by atoms with E-state index in [4.69, 9.17) is 0 Å². The molecule has 8 aromatic carbocycles. The van der Waals surface area contributed by atoms with Gasteiger partial charge in [-0.1, -0.05) is 121 Å². The van der Waals surface area contributed by atoms with Crippen LogP contribution in [0.15, 0.2) is 146 Å². The minimum Gasteiger partial charge on any atom is -0.358 e. The van der Waals surface area contributed by atoms with Gasteiger partial charge in [-0.3, -0.25) is 0 Å². The van der Waals surface area contributed by atoms with E-state index in [1.54, 1.807) is 0 Å². The molecule has 0 fully saturated rings. The second-order valence-electron chi connectivity index (χ2n) is 11.8. The Kier molecular flexibility index (Phi) is 8.80. The van der Waals surface area contributed by atoms with Crippen molar-refractivity contribution in [2.24, 2.45) is 0 Å². The molecule has 0 atom stereocenters. The Balaban J connectivity index is 0.00000128. The van der Waals surface area contributed by atoms with E-state index in [2.05, 4.69) is 159 Å². The van der Waals surface area contributed by atoms with E-state index in [0.29, 0.717) is 0 Å². The van der Waals surface area contributed by atoms with E-state index >= 15 is 0 Å². The molecule has 0 aromatic heterocycles. The largest absolute Gasteiger partial charge is 4.00 e. The molecule has 0 amide bonds. The number of rotatable bonds is 4. The summed E-state index contributed by atoms with van der Waals surface area (Å²) in [7, 11) is -1.98. The molecule has 0 saturated heterocycles. The fourth-order valence-corrected chi connectivity index (χ4v) is 9.12. The van der Waals surface area contributed by atoms with Gasteiger partial charge in [0, 0.05) is 0 Å². The van der Waals surface area contributed by atoms with Gasteiger partial charge >= 0.3 is 25.8 Å². The van der Waals surface area contributed by atoms with Crippen molar-refractivity contribution in [3.8, 4) is 22.3 Å². The van der Waals surface area contributed by atoms with Crippen LogP contribution in [0.25, 0.3) is 65.3 Å². The number of hydrogen-bond acceptors (Lipinski definition) is 0. The Morgan fingerprint density at radius 3 is 1.18 bits per heavy atom. The SMILES string of the molecule is C[Si](C)(c1cc2c(-c3cccc4ccccc34)cccc2[cH-]1)c1cc2c(-c3cccc4ccccc34)cccc2[cH-]1.[CH3-].[CH3-].[Hf+4]. The van der Waals surface area contributed by atoms with Gasteiger partial charge in [0.2, 0.25) is 0 Å². The van der Waals surface area contributed by atoms with Crippen molar-refractivity contribution in [2.75, 3.05) is 0 Å². The van der Waals surface area contributed by atoms with Crippen LogP contribution in [-0.2, 0) is 25.8 Å². The third-order valence-electron chi connectivity index (χ3n) is 9.10. The number of hydrogen-bond donors (Lipinski definition) is 0. The molecular formula is C42H36HfSi. The third-order valence-corrected chi connectivity index (χ3v) is 12.6. The maximum Gasteiger partial charge on any atom is 4.00 e. The maximum absolute atomic E-state index is 2.50. The van der Waals surface area contributed by atoms with Crippen LogP contribution in [0.3, 0.4) is 0 Å². The molecule has 0 aliphatic carbocycles. The first kappa shape index (κ1) is 31.6. The molecule has 0 spiro atoms. The monoisotopic (exact) mass is 748 g/mol. The van der Waals surface area contributed by atoms with Crippen molar-refractivity contribution in [3.05, 3.63) is 160 Å². The Labute approximate surface area is 281 Å². The van der Waals surface area contributed by atoms with Crippen molar-refractivity contribution in [1.29, 1.82) is 0 Å². The van der Waals surface area contributed by atoms with Crippen LogP contribution in [0, 0.1) is 14.9 Å². The van der Waals surface area contributed by atoms with Crippen LogP contribution in [0.1, 0.15) is 0 Å². The van der Waals surface area contributed by atoms with Gasteiger partial charge in [-0.05, 0) is 32.7 Å². The second-order valence-corrected chi connectivity index (χ2v) is 16.2. The van der Waals surface area contributed by atoms with Crippen LogP contribution < -0.4 is 10.4 Å². The van der Waals surface area contributed by atoms with E-state index < -0.39 is 8.07 Å². The molecule has 44 heavy (non-hydrogen) atoms. The predicted molar refractivity (Wildman–Crippen MR) is 195 cm³/mol. The smallest absolute Gasteiger partial charge is 0.358 e. The van der Waals surface area contributed by atoms with Crippen molar-refractivity contribution >= 4 is 61.5 Å². The number of benzene rings is 6. The summed E-state index contributed by atoms with van der Waals surface area (Å²) in [5, 5.41) is 13.5. The van der Waals surface area contributed by atoms with E-state index in [9.17, 15) is 0 Å². The van der Waals surface area contributed by atoms with Crippen molar-refractivity contribution < 1.29 is 25.8 Å². The van der Waals surface area contributed by atoms with Gasteiger partial charge in [0.1, 0.15) is 0 Å². The molecule has 8 rings (SSSR count). The summed E-state index contributed by atoms with van der Waals surface area (Å²) in [4.78, 5) is 0. The molecule has 8 aromatic rings. The van der Waals surface area contributed by atoms with Gasteiger partial charge in [-0.15, -0.1) is 68.3 Å². The van der Waals surface area contributed by atoms with Crippen molar-refractivity contribution in [3.63, 3.8) is 0 Å². The second kappa shape index (κ2) is 12.3. The normalized spacial score (nSPS) is 11.3. The summed E-state index contributed by atoms with van der Waals surface area (Å²) in [5.41, 5.74) is 5.26. The Bertz CT molecular complexity index is 2070. The first-order valence-corrected chi connectivity index (χ1v) is 17.4. The predicted octanol–water partition coefficient (Wildman–Crippen LogP) is 10.8. The number of fused-ring (bicyclic) bond motifs is 4. The topological polar surface area (TPSA) is 0 Å². The fourth-order valence-electron chi connectivity index (χ4n) is 6.75. The fraction of sp³-hybridized carbons (Fsp3) is 0.0476. The molecule has 0 bridgehead atoms. The molecule has 212 valence electrons. The quantitative estimate of drug-likeness (QED) is 0.124.